The zero-order valence-electron chi connectivity index (χ0n) is 13.7. The summed E-state index contributed by atoms with van der Waals surface area (Å²) in [4.78, 5) is 16.0. The van der Waals surface area contributed by atoms with E-state index < -0.39 is 5.60 Å². The highest BCUT2D eigenvalue weighted by atomic mass is 16.6. The zero-order chi connectivity index (χ0) is 16.2. The molecular weight excluding hydrogens is 280 g/mol. The van der Waals surface area contributed by atoms with E-state index in [0.717, 1.165) is 18.7 Å². The first kappa shape index (κ1) is 16.8. The Bertz CT molecular complexity index is 476. The van der Waals surface area contributed by atoms with E-state index in [0.29, 0.717) is 13.1 Å². The van der Waals surface area contributed by atoms with Gasteiger partial charge < -0.3 is 14.7 Å². The van der Waals surface area contributed by atoms with Crippen LogP contribution in [0.3, 0.4) is 0 Å². The van der Waals surface area contributed by atoms with Gasteiger partial charge in [-0.2, -0.15) is 0 Å². The third kappa shape index (κ3) is 4.45. The molecule has 1 aromatic rings. The molecule has 1 saturated heterocycles. The summed E-state index contributed by atoms with van der Waals surface area (Å²) >= 11 is 0. The predicted molar refractivity (Wildman–Crippen MR) is 85.6 cm³/mol. The molecule has 1 aromatic carbocycles. The Kier molecular flexibility index (Phi) is 5.42. The van der Waals surface area contributed by atoms with E-state index in [1.165, 1.54) is 0 Å². The minimum Gasteiger partial charge on any atom is -0.444 e. The fourth-order valence-corrected chi connectivity index (χ4v) is 2.65. The Morgan fingerprint density at radius 1 is 1.18 bits per heavy atom. The van der Waals surface area contributed by atoms with Crippen molar-refractivity contribution < 1.29 is 14.6 Å². The third-order valence-corrected chi connectivity index (χ3v) is 3.76. The number of aliphatic hydroxyl groups is 1. The molecule has 2 rings (SSSR count). The van der Waals surface area contributed by atoms with Crippen molar-refractivity contribution in [1.82, 2.24) is 9.80 Å². The normalized spacial score (nSPS) is 18.1. The van der Waals surface area contributed by atoms with Crippen molar-refractivity contribution in [2.75, 3.05) is 32.8 Å². The van der Waals surface area contributed by atoms with Crippen LogP contribution in [0.5, 0.6) is 0 Å². The molecule has 1 atom stereocenters. The van der Waals surface area contributed by atoms with Crippen LogP contribution in [0.2, 0.25) is 0 Å². The van der Waals surface area contributed by atoms with E-state index in [1.807, 2.05) is 51.1 Å². The lowest BCUT2D eigenvalue weighted by atomic mass is 10.1. The van der Waals surface area contributed by atoms with Gasteiger partial charge >= 0.3 is 6.09 Å². The summed E-state index contributed by atoms with van der Waals surface area (Å²) in [6, 6.07) is 9.98. The number of carbonyl (C=O) groups excluding carboxylic acids is 1. The quantitative estimate of drug-likeness (QED) is 0.931. The van der Waals surface area contributed by atoms with Gasteiger partial charge in [0, 0.05) is 26.2 Å². The van der Waals surface area contributed by atoms with E-state index in [-0.39, 0.29) is 18.7 Å². The SMILES string of the molecule is CC(C)(C)OC(=O)N1CCN(C(CO)c2ccccc2)CC1. The Morgan fingerprint density at radius 3 is 2.27 bits per heavy atom. The van der Waals surface area contributed by atoms with Gasteiger partial charge in [-0.05, 0) is 26.3 Å². The average Bonchev–Trinajstić information content (AvgIpc) is 2.48. The molecule has 1 heterocycles. The second-order valence-electron chi connectivity index (χ2n) is 6.61. The van der Waals surface area contributed by atoms with E-state index >= 15 is 0 Å². The molecule has 22 heavy (non-hydrogen) atoms. The van der Waals surface area contributed by atoms with Gasteiger partial charge in [0.1, 0.15) is 5.60 Å². The third-order valence-electron chi connectivity index (χ3n) is 3.76. The van der Waals surface area contributed by atoms with Crippen LogP contribution < -0.4 is 0 Å². The molecule has 0 saturated carbocycles. The number of nitrogens with zero attached hydrogens (tertiary/aromatic N) is 2. The molecule has 0 bridgehead atoms. The molecule has 1 aliphatic heterocycles. The standard InChI is InChI=1S/C17H26N2O3/c1-17(2,3)22-16(21)19-11-9-18(10-12-19)15(13-20)14-7-5-4-6-8-14/h4-8,15,20H,9-13H2,1-3H3. The largest absolute Gasteiger partial charge is 0.444 e. The second kappa shape index (κ2) is 7.11. The summed E-state index contributed by atoms with van der Waals surface area (Å²) in [6.45, 7) is 8.42. The number of ether oxygens (including phenoxy) is 1. The van der Waals surface area contributed by atoms with Crippen molar-refractivity contribution in [3.05, 3.63) is 35.9 Å². The molecule has 122 valence electrons. The van der Waals surface area contributed by atoms with Crippen molar-refractivity contribution in [1.29, 1.82) is 0 Å². The van der Waals surface area contributed by atoms with Gasteiger partial charge in [0.05, 0.1) is 12.6 Å². The molecule has 5 heteroatoms. The van der Waals surface area contributed by atoms with Crippen molar-refractivity contribution >= 4 is 6.09 Å². The van der Waals surface area contributed by atoms with Crippen LogP contribution in [-0.2, 0) is 4.74 Å². The van der Waals surface area contributed by atoms with Crippen molar-refractivity contribution in [3.8, 4) is 0 Å². The molecular formula is C17H26N2O3. The molecule has 0 aromatic heterocycles. The van der Waals surface area contributed by atoms with Crippen molar-refractivity contribution in [3.63, 3.8) is 0 Å². The molecule has 0 radical (unpaired) electrons. The van der Waals surface area contributed by atoms with Gasteiger partial charge in [-0.1, -0.05) is 30.3 Å². The first-order chi connectivity index (χ1) is 10.4. The minimum atomic E-state index is -0.466. The molecule has 5 nitrogen and oxygen atoms in total. The Balaban J connectivity index is 1.92. The summed E-state index contributed by atoms with van der Waals surface area (Å²) in [5, 5.41) is 9.71. The zero-order valence-corrected chi connectivity index (χ0v) is 13.7. The minimum absolute atomic E-state index is 0.0120. The van der Waals surface area contributed by atoms with Crippen LogP contribution in [-0.4, -0.2) is 59.4 Å². The molecule has 1 amide bonds. The van der Waals surface area contributed by atoms with Crippen LogP contribution in [0, 0.1) is 0 Å². The number of aliphatic hydroxyl groups excluding tert-OH is 1. The van der Waals surface area contributed by atoms with Crippen LogP contribution >= 0.6 is 0 Å². The molecule has 1 aliphatic rings. The van der Waals surface area contributed by atoms with E-state index in [4.69, 9.17) is 4.74 Å². The number of amides is 1. The Morgan fingerprint density at radius 2 is 1.77 bits per heavy atom. The fraction of sp³-hybridized carbons (Fsp3) is 0.588. The predicted octanol–water partition coefficient (Wildman–Crippen LogP) is 2.27. The smallest absolute Gasteiger partial charge is 0.410 e. The van der Waals surface area contributed by atoms with Crippen molar-refractivity contribution in [2.24, 2.45) is 0 Å². The lowest BCUT2D eigenvalue weighted by Gasteiger charge is -2.39. The number of carbonyl (C=O) groups is 1. The van der Waals surface area contributed by atoms with Crippen LogP contribution in [0.1, 0.15) is 32.4 Å². The van der Waals surface area contributed by atoms with Crippen molar-refractivity contribution in [2.45, 2.75) is 32.4 Å². The summed E-state index contributed by atoms with van der Waals surface area (Å²) in [6.07, 6.45) is -0.257. The number of rotatable bonds is 3. The van der Waals surface area contributed by atoms with Gasteiger partial charge in [0.2, 0.25) is 0 Å². The number of benzene rings is 1. The highest BCUT2D eigenvalue weighted by Crippen LogP contribution is 2.22. The number of hydrogen-bond acceptors (Lipinski definition) is 4. The van der Waals surface area contributed by atoms with E-state index in [9.17, 15) is 9.90 Å². The Hall–Kier alpha value is -1.59. The van der Waals surface area contributed by atoms with Gasteiger partial charge in [0.25, 0.3) is 0 Å². The maximum Gasteiger partial charge on any atom is 0.410 e. The molecule has 1 fully saturated rings. The molecule has 1 unspecified atom stereocenters. The van der Waals surface area contributed by atoms with Crippen LogP contribution in [0.25, 0.3) is 0 Å². The first-order valence-corrected chi connectivity index (χ1v) is 7.78. The monoisotopic (exact) mass is 306 g/mol. The molecule has 1 N–H and O–H groups in total. The summed E-state index contributed by atoms with van der Waals surface area (Å²) < 4.78 is 5.40. The van der Waals surface area contributed by atoms with Gasteiger partial charge in [-0.25, -0.2) is 4.79 Å². The highest BCUT2D eigenvalue weighted by molar-refractivity contribution is 5.68. The van der Waals surface area contributed by atoms with Gasteiger partial charge in [0.15, 0.2) is 0 Å². The molecule has 0 aliphatic carbocycles. The summed E-state index contributed by atoms with van der Waals surface area (Å²) in [5.74, 6) is 0. The topological polar surface area (TPSA) is 53.0 Å². The number of piperazine rings is 1. The fourth-order valence-electron chi connectivity index (χ4n) is 2.65. The highest BCUT2D eigenvalue weighted by Gasteiger charge is 2.29. The number of hydrogen-bond donors (Lipinski definition) is 1. The van der Waals surface area contributed by atoms with E-state index in [1.54, 1.807) is 4.90 Å². The summed E-state index contributed by atoms with van der Waals surface area (Å²) in [7, 11) is 0. The average molecular weight is 306 g/mol. The maximum absolute atomic E-state index is 12.1. The second-order valence-corrected chi connectivity index (χ2v) is 6.61. The van der Waals surface area contributed by atoms with Gasteiger partial charge in [-0.3, -0.25) is 4.90 Å². The van der Waals surface area contributed by atoms with Gasteiger partial charge in [-0.15, -0.1) is 0 Å². The lowest BCUT2D eigenvalue weighted by Crippen LogP contribution is -2.51. The van der Waals surface area contributed by atoms with Crippen LogP contribution in [0.4, 0.5) is 4.79 Å². The lowest BCUT2D eigenvalue weighted by molar-refractivity contribution is 0.00658. The van der Waals surface area contributed by atoms with Crippen LogP contribution in [0.15, 0.2) is 30.3 Å². The molecule has 0 spiro atoms. The maximum atomic E-state index is 12.1. The summed E-state index contributed by atoms with van der Waals surface area (Å²) in [5.41, 5.74) is 0.641. The Labute approximate surface area is 132 Å². The first-order valence-electron chi connectivity index (χ1n) is 7.78. The van der Waals surface area contributed by atoms with E-state index in [2.05, 4.69) is 4.90 Å².